The minimum atomic E-state index is 0.221. The van der Waals surface area contributed by atoms with E-state index >= 15 is 0 Å². The van der Waals surface area contributed by atoms with Crippen LogP contribution in [0.2, 0.25) is 0 Å². The van der Waals surface area contributed by atoms with Crippen molar-refractivity contribution in [2.45, 2.75) is 26.0 Å². The van der Waals surface area contributed by atoms with Crippen LogP contribution < -0.4 is 14.8 Å². The third-order valence-corrected chi connectivity index (χ3v) is 3.63. The van der Waals surface area contributed by atoms with Crippen LogP contribution in [0.15, 0.2) is 36.4 Å². The molecule has 2 N–H and O–H groups in total. The van der Waals surface area contributed by atoms with E-state index in [-0.39, 0.29) is 11.9 Å². The van der Waals surface area contributed by atoms with Crippen molar-refractivity contribution in [3.63, 3.8) is 0 Å². The molecule has 0 aromatic heterocycles. The number of hydrogen-bond donors (Lipinski definition) is 2. The second-order valence-corrected chi connectivity index (χ2v) is 5.31. The van der Waals surface area contributed by atoms with Gasteiger partial charge in [0, 0.05) is 35.8 Å². The molecule has 21 heavy (non-hydrogen) atoms. The van der Waals surface area contributed by atoms with Gasteiger partial charge >= 0.3 is 0 Å². The van der Waals surface area contributed by atoms with Crippen molar-refractivity contribution in [2.24, 2.45) is 0 Å². The van der Waals surface area contributed by atoms with E-state index in [2.05, 4.69) is 18.3 Å². The summed E-state index contributed by atoms with van der Waals surface area (Å²) in [5, 5.41) is 12.8. The molecule has 1 unspecified atom stereocenters. The Morgan fingerprint density at radius 3 is 2.95 bits per heavy atom. The van der Waals surface area contributed by atoms with Gasteiger partial charge in [-0.2, -0.15) is 0 Å². The van der Waals surface area contributed by atoms with Gasteiger partial charge in [0.15, 0.2) is 0 Å². The van der Waals surface area contributed by atoms with Gasteiger partial charge in [-0.25, -0.2) is 0 Å². The number of phenols is 1. The number of ether oxygens (including phenoxy) is 2. The quantitative estimate of drug-likeness (QED) is 0.904. The van der Waals surface area contributed by atoms with E-state index in [1.165, 1.54) is 5.56 Å². The van der Waals surface area contributed by atoms with Crippen LogP contribution in [-0.4, -0.2) is 18.3 Å². The maximum Gasteiger partial charge on any atom is 0.124 e. The lowest BCUT2D eigenvalue weighted by Gasteiger charge is -2.13. The number of benzene rings is 2. The fraction of sp³-hybridized carbons (Fsp3) is 0.294. The molecule has 110 valence electrons. The summed E-state index contributed by atoms with van der Waals surface area (Å²) < 4.78 is 11.3. The van der Waals surface area contributed by atoms with Crippen molar-refractivity contribution >= 4 is 5.69 Å². The fourth-order valence-corrected chi connectivity index (χ4v) is 2.62. The topological polar surface area (TPSA) is 50.7 Å². The lowest BCUT2D eigenvalue weighted by molar-refractivity contribution is 0.254. The summed E-state index contributed by atoms with van der Waals surface area (Å²) in [6, 6.07) is 11.2. The smallest absolute Gasteiger partial charge is 0.124 e. The Morgan fingerprint density at radius 1 is 1.33 bits per heavy atom. The Morgan fingerprint density at radius 2 is 2.19 bits per heavy atom. The summed E-state index contributed by atoms with van der Waals surface area (Å²) in [6.45, 7) is 2.68. The fourth-order valence-electron chi connectivity index (χ4n) is 2.62. The van der Waals surface area contributed by atoms with Crippen molar-refractivity contribution in [3.05, 3.63) is 47.5 Å². The minimum absolute atomic E-state index is 0.221. The Balaban J connectivity index is 1.80. The Kier molecular flexibility index (Phi) is 3.60. The van der Waals surface area contributed by atoms with Gasteiger partial charge in [0.25, 0.3) is 0 Å². The first kappa shape index (κ1) is 13.6. The molecule has 0 saturated heterocycles. The van der Waals surface area contributed by atoms with Crippen LogP contribution in [0, 0.1) is 0 Å². The molecule has 1 aliphatic rings. The van der Waals surface area contributed by atoms with E-state index < -0.39 is 0 Å². The minimum Gasteiger partial charge on any atom is -0.508 e. The van der Waals surface area contributed by atoms with Gasteiger partial charge in [-0.1, -0.05) is 6.07 Å². The second-order valence-electron chi connectivity index (χ2n) is 5.31. The van der Waals surface area contributed by atoms with Gasteiger partial charge < -0.3 is 19.9 Å². The summed E-state index contributed by atoms with van der Waals surface area (Å²) in [5.74, 6) is 2.05. The standard InChI is InChI=1S/C17H19NO3/c1-11-6-12-7-16(20-2)13(8-17(12)21-11)10-18-14-4-3-5-15(19)9-14/h3-5,7-9,11,18-19H,6,10H2,1-2H3. The molecule has 2 aromatic carbocycles. The molecule has 0 fully saturated rings. The van der Waals surface area contributed by atoms with E-state index in [0.29, 0.717) is 6.54 Å². The highest BCUT2D eigenvalue weighted by Crippen LogP contribution is 2.35. The number of fused-ring (bicyclic) bond motifs is 1. The molecule has 1 aliphatic heterocycles. The Labute approximate surface area is 124 Å². The normalized spacial score (nSPS) is 16.2. The molecule has 1 heterocycles. The molecular formula is C17H19NO3. The molecule has 4 heteroatoms. The van der Waals surface area contributed by atoms with Crippen molar-refractivity contribution in [1.29, 1.82) is 0 Å². The van der Waals surface area contributed by atoms with E-state index in [0.717, 1.165) is 29.2 Å². The zero-order valence-electron chi connectivity index (χ0n) is 12.2. The predicted molar refractivity (Wildman–Crippen MR) is 82.2 cm³/mol. The summed E-state index contributed by atoms with van der Waals surface area (Å²) in [6.07, 6.45) is 1.14. The van der Waals surface area contributed by atoms with Gasteiger partial charge in [-0.3, -0.25) is 0 Å². The number of anilines is 1. The summed E-state index contributed by atoms with van der Waals surface area (Å²) >= 11 is 0. The monoisotopic (exact) mass is 285 g/mol. The van der Waals surface area contributed by atoms with Gasteiger partial charge in [0.05, 0.1) is 7.11 Å². The van der Waals surface area contributed by atoms with Crippen molar-refractivity contribution in [1.82, 2.24) is 0 Å². The van der Waals surface area contributed by atoms with Crippen molar-refractivity contribution < 1.29 is 14.6 Å². The molecule has 0 spiro atoms. The molecule has 1 atom stereocenters. The first-order valence-corrected chi connectivity index (χ1v) is 7.05. The number of rotatable bonds is 4. The van der Waals surface area contributed by atoms with E-state index in [4.69, 9.17) is 9.47 Å². The first-order chi connectivity index (χ1) is 10.2. The maximum atomic E-state index is 9.48. The molecule has 0 aliphatic carbocycles. The first-order valence-electron chi connectivity index (χ1n) is 7.05. The summed E-state index contributed by atoms with van der Waals surface area (Å²) in [4.78, 5) is 0. The van der Waals surface area contributed by atoms with E-state index in [9.17, 15) is 5.11 Å². The van der Waals surface area contributed by atoms with Crippen LogP contribution in [0.25, 0.3) is 0 Å². The SMILES string of the molecule is COc1cc2c(cc1CNc1cccc(O)c1)OC(C)C2. The molecule has 2 aromatic rings. The number of methoxy groups -OCH3 is 1. The number of aromatic hydroxyl groups is 1. The van der Waals surface area contributed by atoms with Gasteiger partial charge in [0.1, 0.15) is 23.4 Å². The highest BCUT2D eigenvalue weighted by molar-refractivity contribution is 5.52. The van der Waals surface area contributed by atoms with Crippen LogP contribution >= 0.6 is 0 Å². The molecule has 3 rings (SSSR count). The highest BCUT2D eigenvalue weighted by Gasteiger charge is 2.21. The molecule has 0 amide bonds. The number of hydrogen-bond acceptors (Lipinski definition) is 4. The van der Waals surface area contributed by atoms with Crippen LogP contribution in [0.4, 0.5) is 5.69 Å². The van der Waals surface area contributed by atoms with E-state index in [1.54, 1.807) is 19.2 Å². The average Bonchev–Trinajstić information content (AvgIpc) is 2.83. The third-order valence-electron chi connectivity index (χ3n) is 3.63. The van der Waals surface area contributed by atoms with Gasteiger partial charge in [0.2, 0.25) is 0 Å². The lowest BCUT2D eigenvalue weighted by atomic mass is 10.1. The van der Waals surface area contributed by atoms with Crippen LogP contribution in [0.3, 0.4) is 0 Å². The maximum absolute atomic E-state index is 9.48. The highest BCUT2D eigenvalue weighted by atomic mass is 16.5. The number of phenolic OH excluding ortho intramolecular Hbond substituents is 1. The van der Waals surface area contributed by atoms with Crippen LogP contribution in [0.1, 0.15) is 18.1 Å². The summed E-state index contributed by atoms with van der Waals surface area (Å²) in [5.41, 5.74) is 3.10. The lowest BCUT2D eigenvalue weighted by Crippen LogP contribution is -2.05. The molecule has 0 radical (unpaired) electrons. The second kappa shape index (κ2) is 5.56. The average molecular weight is 285 g/mol. The zero-order chi connectivity index (χ0) is 14.8. The van der Waals surface area contributed by atoms with Crippen molar-refractivity contribution in [2.75, 3.05) is 12.4 Å². The van der Waals surface area contributed by atoms with Crippen molar-refractivity contribution in [3.8, 4) is 17.2 Å². The molecule has 0 bridgehead atoms. The summed E-state index contributed by atoms with van der Waals surface area (Å²) in [7, 11) is 1.68. The largest absolute Gasteiger partial charge is 0.508 e. The van der Waals surface area contributed by atoms with Gasteiger partial charge in [-0.05, 0) is 31.2 Å². The molecule has 4 nitrogen and oxygen atoms in total. The Bertz CT molecular complexity index is 654. The zero-order valence-corrected chi connectivity index (χ0v) is 12.2. The molecule has 0 saturated carbocycles. The van der Waals surface area contributed by atoms with Crippen LogP contribution in [-0.2, 0) is 13.0 Å². The predicted octanol–water partition coefficient (Wildman–Crippen LogP) is 3.34. The number of nitrogens with one attached hydrogen (secondary N) is 1. The van der Waals surface area contributed by atoms with Gasteiger partial charge in [-0.15, -0.1) is 0 Å². The third kappa shape index (κ3) is 2.89. The van der Waals surface area contributed by atoms with Crippen LogP contribution in [0.5, 0.6) is 17.2 Å². The Hall–Kier alpha value is -2.36. The molecular weight excluding hydrogens is 266 g/mol. The van der Waals surface area contributed by atoms with E-state index in [1.807, 2.05) is 18.2 Å².